The molecule has 2 aromatic carbocycles. The normalized spacial score (nSPS) is 11.8. The largest absolute Gasteiger partial charge is 0.383 e. The number of hydrogen-bond donors (Lipinski definition) is 3. The van der Waals surface area contributed by atoms with Crippen LogP contribution < -0.4 is 11.1 Å². The first-order valence-corrected chi connectivity index (χ1v) is 10.1. The second-order valence-corrected chi connectivity index (χ2v) is 7.24. The Morgan fingerprint density at radius 1 is 1.19 bits per heavy atom. The average Bonchev–Trinajstić information content (AvgIpc) is 3.34. The Labute approximate surface area is 182 Å². The van der Waals surface area contributed by atoms with E-state index in [4.69, 9.17) is 15.5 Å². The van der Waals surface area contributed by atoms with Gasteiger partial charge in [0, 0.05) is 36.3 Å². The molecule has 3 aromatic heterocycles. The molecule has 0 aliphatic heterocycles. The fourth-order valence-corrected chi connectivity index (χ4v) is 3.66. The standard InChI is InChI=1S/C23H21N7O2/c1-32-11-10-25-23(31)19-20-22(29-18-9-5-4-8-17(18)28-20)30(21(19)24)27-13-14-12-26-16-7-3-2-6-15(14)16/h2-9,12-13,26H,10-11,24H2,1H3,(H,25,31). The lowest BCUT2D eigenvalue weighted by Crippen LogP contribution is -2.27. The summed E-state index contributed by atoms with van der Waals surface area (Å²) in [4.78, 5) is 25.5. The number of benzene rings is 2. The van der Waals surface area contributed by atoms with Gasteiger partial charge in [0.2, 0.25) is 0 Å². The summed E-state index contributed by atoms with van der Waals surface area (Å²) in [5.74, 6) is -0.184. The Morgan fingerprint density at radius 2 is 1.94 bits per heavy atom. The van der Waals surface area contributed by atoms with E-state index in [-0.39, 0.29) is 17.3 Å². The quantitative estimate of drug-likeness (QED) is 0.284. The summed E-state index contributed by atoms with van der Waals surface area (Å²) in [6.07, 6.45) is 3.56. The third kappa shape index (κ3) is 3.34. The van der Waals surface area contributed by atoms with Gasteiger partial charge in [-0.3, -0.25) is 4.79 Å². The van der Waals surface area contributed by atoms with Crippen LogP contribution in [0.5, 0.6) is 0 Å². The maximum Gasteiger partial charge on any atom is 0.257 e. The molecule has 0 saturated carbocycles. The molecule has 0 bridgehead atoms. The van der Waals surface area contributed by atoms with Gasteiger partial charge < -0.3 is 20.8 Å². The van der Waals surface area contributed by atoms with Crippen molar-refractivity contribution in [2.45, 2.75) is 0 Å². The van der Waals surface area contributed by atoms with Crippen molar-refractivity contribution in [3.05, 3.63) is 65.9 Å². The average molecular weight is 427 g/mol. The van der Waals surface area contributed by atoms with Crippen molar-refractivity contribution in [3.63, 3.8) is 0 Å². The molecule has 1 amide bonds. The number of nitrogens with two attached hydrogens (primary N) is 1. The number of para-hydroxylation sites is 3. The van der Waals surface area contributed by atoms with Crippen molar-refractivity contribution in [1.29, 1.82) is 0 Å². The molecule has 0 fully saturated rings. The number of carbonyl (C=O) groups is 1. The highest BCUT2D eigenvalue weighted by atomic mass is 16.5. The maximum absolute atomic E-state index is 12.9. The second-order valence-electron chi connectivity index (χ2n) is 7.24. The number of anilines is 1. The Balaban J connectivity index is 1.66. The topological polar surface area (TPSA) is 123 Å². The van der Waals surface area contributed by atoms with Gasteiger partial charge in [-0.15, -0.1) is 0 Å². The van der Waals surface area contributed by atoms with Crippen LogP contribution in [0.3, 0.4) is 0 Å². The van der Waals surface area contributed by atoms with Crippen LogP contribution in [-0.2, 0) is 4.74 Å². The summed E-state index contributed by atoms with van der Waals surface area (Å²) in [5, 5.41) is 8.41. The van der Waals surface area contributed by atoms with Gasteiger partial charge in [-0.2, -0.15) is 9.78 Å². The minimum Gasteiger partial charge on any atom is -0.383 e. The lowest BCUT2D eigenvalue weighted by Gasteiger charge is -2.04. The van der Waals surface area contributed by atoms with Crippen LogP contribution in [0, 0.1) is 0 Å². The summed E-state index contributed by atoms with van der Waals surface area (Å²) >= 11 is 0. The summed E-state index contributed by atoms with van der Waals surface area (Å²) in [6, 6.07) is 15.4. The fourth-order valence-electron chi connectivity index (χ4n) is 3.66. The number of ether oxygens (including phenoxy) is 1. The van der Waals surface area contributed by atoms with Crippen molar-refractivity contribution in [1.82, 2.24) is 24.9 Å². The van der Waals surface area contributed by atoms with Crippen molar-refractivity contribution in [2.75, 3.05) is 26.0 Å². The molecule has 160 valence electrons. The summed E-state index contributed by atoms with van der Waals surface area (Å²) in [7, 11) is 1.57. The minimum absolute atomic E-state index is 0.168. The van der Waals surface area contributed by atoms with E-state index >= 15 is 0 Å². The number of nitrogen functional groups attached to an aromatic ring is 1. The third-order valence-corrected chi connectivity index (χ3v) is 5.23. The Morgan fingerprint density at radius 3 is 2.75 bits per heavy atom. The number of hydrogen-bond acceptors (Lipinski definition) is 6. The number of nitrogens with one attached hydrogen (secondary N) is 2. The molecule has 9 nitrogen and oxygen atoms in total. The smallest absolute Gasteiger partial charge is 0.257 e. The van der Waals surface area contributed by atoms with Crippen molar-refractivity contribution in [2.24, 2.45) is 5.10 Å². The number of methoxy groups -OCH3 is 1. The van der Waals surface area contributed by atoms with E-state index in [9.17, 15) is 4.79 Å². The zero-order valence-corrected chi connectivity index (χ0v) is 17.4. The molecule has 5 aromatic rings. The van der Waals surface area contributed by atoms with E-state index < -0.39 is 0 Å². The van der Waals surface area contributed by atoms with Crippen LogP contribution in [0.2, 0.25) is 0 Å². The van der Waals surface area contributed by atoms with Crippen molar-refractivity contribution >= 4 is 51.0 Å². The summed E-state index contributed by atoms with van der Waals surface area (Å²) in [5.41, 5.74) is 10.7. The zero-order chi connectivity index (χ0) is 22.1. The zero-order valence-electron chi connectivity index (χ0n) is 17.4. The van der Waals surface area contributed by atoms with E-state index in [0.717, 1.165) is 16.5 Å². The lowest BCUT2D eigenvalue weighted by atomic mass is 10.2. The van der Waals surface area contributed by atoms with Crippen molar-refractivity contribution in [3.8, 4) is 0 Å². The van der Waals surface area contributed by atoms with Gasteiger partial charge >= 0.3 is 0 Å². The number of carbonyl (C=O) groups excluding carboxylic acids is 1. The summed E-state index contributed by atoms with van der Waals surface area (Å²) in [6.45, 7) is 0.735. The third-order valence-electron chi connectivity index (χ3n) is 5.23. The van der Waals surface area contributed by atoms with Gasteiger partial charge in [0.05, 0.1) is 23.9 Å². The van der Waals surface area contributed by atoms with E-state index in [0.29, 0.717) is 35.3 Å². The van der Waals surface area contributed by atoms with E-state index in [1.807, 2.05) is 54.7 Å². The van der Waals surface area contributed by atoms with Crippen LogP contribution in [0.1, 0.15) is 15.9 Å². The highest BCUT2D eigenvalue weighted by molar-refractivity contribution is 6.11. The van der Waals surface area contributed by atoms with E-state index in [2.05, 4.69) is 20.4 Å². The SMILES string of the molecule is COCCNC(=O)c1c(N)n(N=Cc2c[nH]c3ccccc23)c2nc3ccccc3nc12. The predicted molar refractivity (Wildman–Crippen MR) is 125 cm³/mol. The molecular weight excluding hydrogens is 406 g/mol. The van der Waals surface area contributed by atoms with Gasteiger partial charge in [-0.25, -0.2) is 9.97 Å². The van der Waals surface area contributed by atoms with Crippen LogP contribution in [0.15, 0.2) is 59.8 Å². The molecule has 0 aliphatic rings. The number of aromatic nitrogens is 4. The minimum atomic E-state index is -0.352. The molecular formula is C23H21N7O2. The Kier molecular flexibility index (Phi) is 5.00. The highest BCUT2D eigenvalue weighted by Gasteiger charge is 2.23. The highest BCUT2D eigenvalue weighted by Crippen LogP contribution is 2.28. The van der Waals surface area contributed by atoms with Gasteiger partial charge in [0.1, 0.15) is 16.9 Å². The number of amides is 1. The maximum atomic E-state index is 12.9. The number of rotatable bonds is 6. The number of H-pyrrole nitrogens is 1. The predicted octanol–water partition coefficient (Wildman–Crippen LogP) is 2.91. The van der Waals surface area contributed by atoms with Crippen LogP contribution in [0.25, 0.3) is 33.1 Å². The number of aromatic amines is 1. The van der Waals surface area contributed by atoms with Gasteiger partial charge in [-0.05, 0) is 18.2 Å². The molecule has 0 unspecified atom stereocenters. The van der Waals surface area contributed by atoms with Gasteiger partial charge in [-0.1, -0.05) is 30.3 Å². The van der Waals surface area contributed by atoms with Crippen LogP contribution in [0.4, 0.5) is 5.82 Å². The molecule has 32 heavy (non-hydrogen) atoms. The summed E-state index contributed by atoms with van der Waals surface area (Å²) < 4.78 is 6.48. The van der Waals surface area contributed by atoms with Gasteiger partial charge in [0.15, 0.2) is 5.65 Å². The molecule has 0 aliphatic carbocycles. The number of fused-ring (bicyclic) bond motifs is 3. The fraction of sp³-hybridized carbons (Fsp3) is 0.130. The molecule has 9 heteroatoms. The Hall–Kier alpha value is -4.24. The molecule has 0 saturated heterocycles. The molecule has 4 N–H and O–H groups in total. The second kappa shape index (κ2) is 8.12. The van der Waals surface area contributed by atoms with Crippen molar-refractivity contribution < 1.29 is 9.53 Å². The first-order chi connectivity index (χ1) is 15.7. The van der Waals surface area contributed by atoms with Gasteiger partial charge in [0.25, 0.3) is 5.91 Å². The van der Waals surface area contributed by atoms with E-state index in [1.165, 1.54) is 4.68 Å². The molecule has 0 atom stereocenters. The first kappa shape index (κ1) is 19.7. The molecule has 5 rings (SSSR count). The number of nitrogens with zero attached hydrogens (tertiary/aromatic N) is 4. The van der Waals surface area contributed by atoms with E-state index in [1.54, 1.807) is 13.3 Å². The Bertz CT molecular complexity index is 1480. The molecule has 3 heterocycles. The van der Waals surface area contributed by atoms with Crippen LogP contribution >= 0.6 is 0 Å². The first-order valence-electron chi connectivity index (χ1n) is 10.1. The lowest BCUT2D eigenvalue weighted by molar-refractivity contribution is 0.0939. The molecule has 0 radical (unpaired) electrons. The molecule has 0 spiro atoms. The monoisotopic (exact) mass is 427 g/mol. The van der Waals surface area contributed by atoms with Crippen LogP contribution in [-0.4, -0.2) is 52.0 Å².